The molecule has 0 saturated heterocycles. The second-order valence-electron chi connectivity index (χ2n) is 3.56. The van der Waals surface area contributed by atoms with Crippen LogP contribution in [0.25, 0.3) is 0 Å². The summed E-state index contributed by atoms with van der Waals surface area (Å²) in [5.41, 5.74) is 1.11. The van der Waals surface area contributed by atoms with Crippen LogP contribution in [0.5, 0.6) is 5.75 Å². The van der Waals surface area contributed by atoms with Gasteiger partial charge in [-0.2, -0.15) is 0 Å². The molecule has 15 heavy (non-hydrogen) atoms. The molecule has 0 aliphatic heterocycles. The zero-order chi connectivity index (χ0) is 11.4. The summed E-state index contributed by atoms with van der Waals surface area (Å²) in [6.45, 7) is 3.35. The highest BCUT2D eigenvalue weighted by Gasteiger charge is 2.09. The van der Waals surface area contributed by atoms with Gasteiger partial charge >= 0.3 is 0 Å². The minimum absolute atomic E-state index is 0.0966. The second-order valence-corrected chi connectivity index (χ2v) is 3.56. The lowest BCUT2D eigenvalue weighted by Crippen LogP contribution is -2.34. The Morgan fingerprint density at radius 2 is 2.20 bits per heavy atom. The monoisotopic (exact) mass is 209 g/mol. The first kappa shape index (κ1) is 11.5. The van der Waals surface area contributed by atoms with E-state index in [-0.39, 0.29) is 24.3 Å². The number of aliphatic hydroxyl groups excluding tert-OH is 1. The Bertz CT molecular complexity index is 363. The molecule has 0 unspecified atom stereocenters. The molecule has 82 valence electrons. The van der Waals surface area contributed by atoms with Gasteiger partial charge in [0.1, 0.15) is 5.75 Å². The normalized spacial score (nSPS) is 12.2. The minimum atomic E-state index is -0.299. The van der Waals surface area contributed by atoms with Crippen molar-refractivity contribution in [3.8, 4) is 5.75 Å². The predicted octanol–water partition coefficient (Wildman–Crippen LogP) is 0.811. The van der Waals surface area contributed by atoms with E-state index in [9.17, 15) is 9.90 Å². The largest absolute Gasteiger partial charge is 0.508 e. The third-order valence-electron chi connectivity index (χ3n) is 2.12. The number of hydrogen-bond acceptors (Lipinski definition) is 3. The lowest BCUT2D eigenvalue weighted by molar-refractivity contribution is 0.0922. The van der Waals surface area contributed by atoms with Crippen molar-refractivity contribution >= 4 is 5.91 Å². The number of carbonyl (C=O) groups excluding carboxylic acids is 1. The Morgan fingerprint density at radius 3 is 2.73 bits per heavy atom. The van der Waals surface area contributed by atoms with Crippen molar-refractivity contribution in [1.82, 2.24) is 5.32 Å². The van der Waals surface area contributed by atoms with Gasteiger partial charge in [-0.25, -0.2) is 0 Å². The van der Waals surface area contributed by atoms with Gasteiger partial charge in [-0.05, 0) is 31.5 Å². The molecule has 0 fully saturated rings. The van der Waals surface area contributed by atoms with Crippen molar-refractivity contribution < 1.29 is 15.0 Å². The van der Waals surface area contributed by atoms with E-state index in [1.807, 2.05) is 0 Å². The lowest BCUT2D eigenvalue weighted by Gasteiger charge is -2.11. The fraction of sp³-hybridized carbons (Fsp3) is 0.364. The molecule has 0 heterocycles. The van der Waals surface area contributed by atoms with E-state index in [1.54, 1.807) is 26.0 Å². The summed E-state index contributed by atoms with van der Waals surface area (Å²) in [5.74, 6) is -0.203. The third kappa shape index (κ3) is 2.95. The van der Waals surface area contributed by atoms with Gasteiger partial charge in [0.15, 0.2) is 0 Å². The van der Waals surface area contributed by atoms with Crippen LogP contribution < -0.4 is 5.32 Å². The molecule has 0 aliphatic carbocycles. The predicted molar refractivity (Wildman–Crippen MR) is 56.9 cm³/mol. The number of aromatic hydroxyl groups is 1. The Balaban J connectivity index is 2.78. The molecule has 1 amide bonds. The highest BCUT2D eigenvalue weighted by atomic mass is 16.3. The smallest absolute Gasteiger partial charge is 0.251 e. The zero-order valence-electron chi connectivity index (χ0n) is 8.82. The average Bonchev–Trinajstić information content (AvgIpc) is 2.21. The van der Waals surface area contributed by atoms with E-state index >= 15 is 0 Å². The van der Waals surface area contributed by atoms with Gasteiger partial charge in [-0.1, -0.05) is 6.07 Å². The van der Waals surface area contributed by atoms with E-state index in [0.717, 1.165) is 5.56 Å². The van der Waals surface area contributed by atoms with Crippen molar-refractivity contribution in [2.75, 3.05) is 6.61 Å². The number of hydrogen-bond donors (Lipinski definition) is 3. The number of phenols is 1. The summed E-state index contributed by atoms with van der Waals surface area (Å²) in [6, 6.07) is 4.43. The van der Waals surface area contributed by atoms with Crippen LogP contribution in [0, 0.1) is 6.92 Å². The quantitative estimate of drug-likeness (QED) is 0.690. The van der Waals surface area contributed by atoms with Crippen LogP contribution in [0.3, 0.4) is 0 Å². The molecule has 0 bridgehead atoms. The Kier molecular flexibility index (Phi) is 3.68. The second kappa shape index (κ2) is 4.79. The van der Waals surface area contributed by atoms with Crippen molar-refractivity contribution in [2.24, 2.45) is 0 Å². The topological polar surface area (TPSA) is 69.6 Å². The van der Waals surface area contributed by atoms with E-state index in [1.165, 1.54) is 6.07 Å². The molecular formula is C11H15NO3. The first-order chi connectivity index (χ1) is 7.04. The molecule has 1 aromatic carbocycles. The summed E-state index contributed by atoms with van der Waals surface area (Å²) in [5, 5.41) is 20.8. The molecule has 0 saturated carbocycles. The number of amides is 1. The Morgan fingerprint density at radius 1 is 1.53 bits per heavy atom. The zero-order valence-corrected chi connectivity index (χ0v) is 8.82. The summed E-state index contributed by atoms with van der Waals surface area (Å²) in [6.07, 6.45) is 0. The molecule has 1 aromatic rings. The van der Waals surface area contributed by atoms with Crippen LogP contribution in [0.4, 0.5) is 0 Å². The van der Waals surface area contributed by atoms with E-state index in [4.69, 9.17) is 5.11 Å². The Hall–Kier alpha value is -1.55. The van der Waals surface area contributed by atoms with Crippen LogP contribution in [0.15, 0.2) is 18.2 Å². The Labute approximate surface area is 88.6 Å². The standard InChI is InChI=1S/C11H15NO3/c1-7-3-4-9(5-10(7)14)11(15)12-8(2)6-13/h3-5,8,13-14H,6H2,1-2H3,(H,12,15)/t8-/m1/s1. The third-order valence-corrected chi connectivity index (χ3v) is 2.12. The summed E-state index contributed by atoms with van der Waals surface area (Å²) < 4.78 is 0. The number of carbonyl (C=O) groups is 1. The molecule has 0 spiro atoms. The van der Waals surface area contributed by atoms with Crippen LogP contribution in [0.1, 0.15) is 22.8 Å². The first-order valence-corrected chi connectivity index (χ1v) is 4.76. The maximum atomic E-state index is 11.5. The van der Waals surface area contributed by atoms with Crippen molar-refractivity contribution in [3.63, 3.8) is 0 Å². The molecular weight excluding hydrogens is 194 g/mol. The van der Waals surface area contributed by atoms with Crippen molar-refractivity contribution in [3.05, 3.63) is 29.3 Å². The molecule has 0 radical (unpaired) electrons. The fourth-order valence-electron chi connectivity index (χ4n) is 1.10. The molecule has 0 aliphatic rings. The van der Waals surface area contributed by atoms with Gasteiger partial charge in [-0.15, -0.1) is 0 Å². The SMILES string of the molecule is Cc1ccc(C(=O)N[C@H](C)CO)cc1O. The summed E-state index contributed by atoms with van der Waals surface area (Å²) in [7, 11) is 0. The van der Waals surface area contributed by atoms with E-state index in [0.29, 0.717) is 5.56 Å². The number of benzene rings is 1. The number of nitrogens with one attached hydrogen (secondary N) is 1. The van der Waals surface area contributed by atoms with Gasteiger partial charge in [0.25, 0.3) is 5.91 Å². The van der Waals surface area contributed by atoms with Gasteiger partial charge in [0, 0.05) is 11.6 Å². The fourth-order valence-corrected chi connectivity index (χ4v) is 1.10. The molecule has 3 N–H and O–H groups in total. The number of rotatable bonds is 3. The van der Waals surface area contributed by atoms with Crippen LogP contribution in [-0.4, -0.2) is 28.8 Å². The van der Waals surface area contributed by atoms with Crippen molar-refractivity contribution in [1.29, 1.82) is 0 Å². The summed E-state index contributed by atoms with van der Waals surface area (Å²) in [4.78, 5) is 11.5. The summed E-state index contributed by atoms with van der Waals surface area (Å²) >= 11 is 0. The van der Waals surface area contributed by atoms with Crippen LogP contribution >= 0.6 is 0 Å². The van der Waals surface area contributed by atoms with Gasteiger partial charge < -0.3 is 15.5 Å². The highest BCUT2D eigenvalue weighted by molar-refractivity contribution is 5.94. The van der Waals surface area contributed by atoms with E-state index in [2.05, 4.69) is 5.32 Å². The minimum Gasteiger partial charge on any atom is -0.508 e. The lowest BCUT2D eigenvalue weighted by atomic mass is 10.1. The van der Waals surface area contributed by atoms with Gasteiger partial charge in [0.2, 0.25) is 0 Å². The molecule has 1 atom stereocenters. The molecule has 1 rings (SSSR count). The highest BCUT2D eigenvalue weighted by Crippen LogP contribution is 2.17. The maximum absolute atomic E-state index is 11.5. The number of aliphatic hydroxyl groups is 1. The molecule has 4 heteroatoms. The molecule has 0 aromatic heterocycles. The number of aryl methyl sites for hydroxylation is 1. The van der Waals surface area contributed by atoms with Gasteiger partial charge in [0.05, 0.1) is 6.61 Å². The van der Waals surface area contributed by atoms with Crippen LogP contribution in [0.2, 0.25) is 0 Å². The number of phenolic OH excluding ortho intramolecular Hbond substituents is 1. The van der Waals surface area contributed by atoms with Crippen molar-refractivity contribution in [2.45, 2.75) is 19.9 Å². The molecule has 4 nitrogen and oxygen atoms in total. The average molecular weight is 209 g/mol. The van der Waals surface area contributed by atoms with E-state index < -0.39 is 0 Å². The van der Waals surface area contributed by atoms with Crippen LogP contribution in [-0.2, 0) is 0 Å². The maximum Gasteiger partial charge on any atom is 0.251 e. The first-order valence-electron chi connectivity index (χ1n) is 4.76. The van der Waals surface area contributed by atoms with Gasteiger partial charge in [-0.3, -0.25) is 4.79 Å².